The highest BCUT2D eigenvalue weighted by molar-refractivity contribution is 7.86. The van der Waals surface area contributed by atoms with Gasteiger partial charge in [0.1, 0.15) is 12.4 Å². The van der Waals surface area contributed by atoms with E-state index >= 15 is 0 Å². The van der Waals surface area contributed by atoms with Crippen LogP contribution in [-0.4, -0.2) is 27.9 Å². The minimum Gasteiger partial charge on any atom is -0.486 e. The number of carbonyl (C=O) groups excluding carboxylic acids is 1. The summed E-state index contributed by atoms with van der Waals surface area (Å²) < 4.78 is 34.6. The molecule has 25 heavy (non-hydrogen) atoms. The molecule has 5 nitrogen and oxygen atoms in total. The Balaban J connectivity index is 1.85. The molecule has 0 fully saturated rings. The van der Waals surface area contributed by atoms with Gasteiger partial charge >= 0.3 is 0 Å². The van der Waals surface area contributed by atoms with Crippen LogP contribution in [0.2, 0.25) is 0 Å². The Morgan fingerprint density at radius 2 is 1.76 bits per heavy atom. The molecule has 6 heteroatoms. The largest absolute Gasteiger partial charge is 0.486 e. The van der Waals surface area contributed by atoms with Gasteiger partial charge in [-0.2, -0.15) is 8.42 Å². The zero-order chi connectivity index (χ0) is 18.3. The van der Waals surface area contributed by atoms with Gasteiger partial charge in [-0.25, -0.2) is 0 Å². The Kier molecular flexibility index (Phi) is 6.73. The smallest absolute Gasteiger partial charge is 0.296 e. The summed E-state index contributed by atoms with van der Waals surface area (Å²) in [6.45, 7) is 3.96. The molecule has 0 aromatic heterocycles. The molecule has 0 amide bonds. The van der Waals surface area contributed by atoms with E-state index in [0.717, 1.165) is 16.7 Å². The summed E-state index contributed by atoms with van der Waals surface area (Å²) in [7, 11) is -3.71. The first-order valence-corrected chi connectivity index (χ1v) is 9.45. The predicted octanol–water partition coefficient (Wildman–Crippen LogP) is 3.22. The summed E-state index contributed by atoms with van der Waals surface area (Å²) >= 11 is 0. The van der Waals surface area contributed by atoms with Crippen LogP contribution in [0.3, 0.4) is 0 Å². The fraction of sp³-hybridized carbons (Fsp3) is 0.316. The fourth-order valence-corrected chi connectivity index (χ4v) is 3.31. The van der Waals surface area contributed by atoms with Crippen molar-refractivity contribution in [3.63, 3.8) is 0 Å². The van der Waals surface area contributed by atoms with Crippen LogP contribution in [-0.2, 0) is 25.5 Å². The molecule has 0 saturated heterocycles. The van der Waals surface area contributed by atoms with Crippen molar-refractivity contribution in [2.45, 2.75) is 31.6 Å². The SMILES string of the molecule is Cc1ccc(S(=O)(=O)OCCCc2ccc(OCC=O)c(C)c2)cc1. The van der Waals surface area contributed by atoms with Gasteiger partial charge in [-0.1, -0.05) is 29.8 Å². The number of hydrogen-bond donors (Lipinski definition) is 0. The molecule has 0 unspecified atom stereocenters. The molecule has 0 N–H and O–H groups in total. The third kappa shape index (κ3) is 5.69. The minimum atomic E-state index is -3.71. The van der Waals surface area contributed by atoms with E-state index in [0.29, 0.717) is 24.9 Å². The first-order valence-electron chi connectivity index (χ1n) is 8.04. The van der Waals surface area contributed by atoms with Crippen molar-refractivity contribution in [3.05, 3.63) is 59.2 Å². The van der Waals surface area contributed by atoms with Crippen molar-refractivity contribution in [3.8, 4) is 5.75 Å². The van der Waals surface area contributed by atoms with Gasteiger partial charge in [0.05, 0.1) is 11.5 Å². The lowest BCUT2D eigenvalue weighted by Gasteiger charge is -2.09. The normalized spacial score (nSPS) is 11.3. The Morgan fingerprint density at radius 1 is 1.04 bits per heavy atom. The van der Waals surface area contributed by atoms with Gasteiger partial charge < -0.3 is 4.74 Å². The highest BCUT2D eigenvalue weighted by Crippen LogP contribution is 2.20. The number of rotatable bonds is 9. The predicted molar refractivity (Wildman–Crippen MR) is 95.4 cm³/mol. The molecule has 0 spiro atoms. The Morgan fingerprint density at radius 3 is 2.40 bits per heavy atom. The van der Waals surface area contributed by atoms with Crippen LogP contribution in [0.25, 0.3) is 0 Å². The van der Waals surface area contributed by atoms with Crippen LogP contribution in [0.15, 0.2) is 47.4 Å². The second kappa shape index (κ2) is 8.78. The van der Waals surface area contributed by atoms with E-state index in [1.807, 2.05) is 32.0 Å². The van der Waals surface area contributed by atoms with E-state index in [4.69, 9.17) is 8.92 Å². The standard InChI is InChI=1S/C19H22O5S/c1-15-5-8-18(9-6-15)25(21,22)24-12-3-4-17-7-10-19(16(2)14-17)23-13-11-20/h5-11,14H,3-4,12-13H2,1-2H3. The van der Waals surface area contributed by atoms with E-state index < -0.39 is 10.1 Å². The zero-order valence-electron chi connectivity index (χ0n) is 14.4. The van der Waals surface area contributed by atoms with Gasteiger partial charge in [-0.15, -0.1) is 0 Å². The topological polar surface area (TPSA) is 69.7 Å². The molecule has 0 atom stereocenters. The van der Waals surface area contributed by atoms with Crippen LogP contribution in [0.1, 0.15) is 23.1 Å². The van der Waals surface area contributed by atoms with Gasteiger partial charge in [0.15, 0.2) is 6.29 Å². The summed E-state index contributed by atoms with van der Waals surface area (Å²) in [5, 5.41) is 0. The number of carbonyl (C=O) groups is 1. The van der Waals surface area contributed by atoms with E-state index in [-0.39, 0.29) is 18.1 Å². The average Bonchev–Trinajstić information content (AvgIpc) is 2.58. The van der Waals surface area contributed by atoms with Crippen molar-refractivity contribution in [1.82, 2.24) is 0 Å². The van der Waals surface area contributed by atoms with Crippen LogP contribution in [0.5, 0.6) is 5.75 Å². The van der Waals surface area contributed by atoms with Gasteiger partial charge in [-0.05, 0) is 56.0 Å². The molecule has 0 heterocycles. The van der Waals surface area contributed by atoms with E-state index in [9.17, 15) is 13.2 Å². The Hall–Kier alpha value is -2.18. The fourth-order valence-electron chi connectivity index (χ4n) is 2.37. The van der Waals surface area contributed by atoms with Crippen LogP contribution < -0.4 is 4.74 Å². The maximum absolute atomic E-state index is 12.1. The van der Waals surface area contributed by atoms with Crippen molar-refractivity contribution < 1.29 is 22.1 Å². The van der Waals surface area contributed by atoms with Crippen LogP contribution in [0.4, 0.5) is 0 Å². The minimum absolute atomic E-state index is 0.0326. The summed E-state index contributed by atoms with van der Waals surface area (Å²) in [5.41, 5.74) is 3.00. The number of benzene rings is 2. The van der Waals surface area contributed by atoms with Crippen molar-refractivity contribution >= 4 is 16.4 Å². The van der Waals surface area contributed by atoms with E-state index in [2.05, 4.69) is 0 Å². The lowest BCUT2D eigenvalue weighted by Crippen LogP contribution is -2.08. The third-order valence-electron chi connectivity index (χ3n) is 3.70. The van der Waals surface area contributed by atoms with Gasteiger partial charge in [0, 0.05) is 0 Å². The lowest BCUT2D eigenvalue weighted by molar-refractivity contribution is -0.109. The first-order chi connectivity index (χ1) is 11.9. The van der Waals surface area contributed by atoms with Crippen LogP contribution >= 0.6 is 0 Å². The summed E-state index contributed by atoms with van der Waals surface area (Å²) in [6, 6.07) is 12.3. The molecule has 2 aromatic rings. The maximum Gasteiger partial charge on any atom is 0.296 e. The summed E-state index contributed by atoms with van der Waals surface area (Å²) in [5.74, 6) is 0.675. The second-order valence-corrected chi connectivity index (χ2v) is 7.39. The van der Waals surface area contributed by atoms with Crippen molar-refractivity contribution in [2.75, 3.05) is 13.2 Å². The van der Waals surface area contributed by atoms with Gasteiger partial charge in [0.25, 0.3) is 10.1 Å². The highest BCUT2D eigenvalue weighted by Gasteiger charge is 2.14. The maximum atomic E-state index is 12.1. The quantitative estimate of drug-likeness (QED) is 0.389. The Bertz CT molecular complexity index is 810. The zero-order valence-corrected chi connectivity index (χ0v) is 15.2. The molecule has 2 aromatic carbocycles. The average molecular weight is 362 g/mol. The van der Waals surface area contributed by atoms with Crippen LogP contribution in [0, 0.1) is 13.8 Å². The third-order valence-corrected chi connectivity index (χ3v) is 5.03. The molecule has 0 aliphatic carbocycles. The molecule has 2 rings (SSSR count). The van der Waals surface area contributed by atoms with Gasteiger partial charge in [0.2, 0.25) is 0 Å². The molecular formula is C19H22O5S. The molecule has 0 aliphatic heterocycles. The van der Waals surface area contributed by atoms with E-state index in [1.54, 1.807) is 24.3 Å². The molecule has 134 valence electrons. The lowest BCUT2D eigenvalue weighted by atomic mass is 10.1. The summed E-state index contributed by atoms with van der Waals surface area (Å²) in [6.07, 6.45) is 1.98. The van der Waals surface area contributed by atoms with E-state index in [1.165, 1.54) is 0 Å². The number of ether oxygens (including phenoxy) is 1. The number of hydrogen-bond acceptors (Lipinski definition) is 5. The molecule has 0 aliphatic rings. The molecular weight excluding hydrogens is 340 g/mol. The van der Waals surface area contributed by atoms with Crippen molar-refractivity contribution in [2.24, 2.45) is 0 Å². The number of aldehydes is 1. The monoisotopic (exact) mass is 362 g/mol. The number of aryl methyl sites for hydroxylation is 3. The summed E-state index contributed by atoms with van der Waals surface area (Å²) in [4.78, 5) is 10.5. The van der Waals surface area contributed by atoms with Crippen molar-refractivity contribution in [1.29, 1.82) is 0 Å². The highest BCUT2D eigenvalue weighted by atomic mass is 32.2. The molecule has 0 bridgehead atoms. The second-order valence-electron chi connectivity index (χ2n) is 5.77. The Labute approximate surface area is 148 Å². The molecule has 0 saturated carbocycles. The molecule has 0 radical (unpaired) electrons. The van der Waals surface area contributed by atoms with Gasteiger partial charge in [-0.3, -0.25) is 8.98 Å². The first kappa shape index (κ1) is 19.1.